The third kappa shape index (κ3) is 4.55. The molecule has 38 heavy (non-hydrogen) atoms. The summed E-state index contributed by atoms with van der Waals surface area (Å²) in [7, 11) is 0. The summed E-state index contributed by atoms with van der Waals surface area (Å²) < 4.78 is 42.8. The van der Waals surface area contributed by atoms with E-state index >= 15 is 0 Å². The van der Waals surface area contributed by atoms with Gasteiger partial charge in [0.15, 0.2) is 10.8 Å². The predicted molar refractivity (Wildman–Crippen MR) is 130 cm³/mol. The monoisotopic (exact) mass is 523 g/mol. The predicted octanol–water partition coefficient (Wildman–Crippen LogP) is 2.84. The summed E-state index contributed by atoms with van der Waals surface area (Å²) in [6.45, 7) is 0. The zero-order chi connectivity index (χ0) is 27.0. The molecule has 5 rings (SSSR count). The fourth-order valence-corrected chi connectivity index (χ4v) is 3.72. The molecule has 0 aliphatic rings. The second kappa shape index (κ2) is 9.20. The molecule has 3 aromatic heterocycles. The number of carbonyl (C=O) groups excluding carboxylic acids is 1. The number of aromatic nitrogens is 6. The summed E-state index contributed by atoms with van der Waals surface area (Å²) in [6.07, 6.45) is 0.264. The van der Waals surface area contributed by atoms with Gasteiger partial charge in [-0.15, -0.1) is 0 Å². The fraction of sp³-hybridized carbons (Fsp3) is 0.0435. The van der Waals surface area contributed by atoms with E-state index in [1.807, 2.05) is 0 Å². The summed E-state index contributed by atoms with van der Waals surface area (Å²) >= 11 is 0. The van der Waals surface area contributed by atoms with Crippen LogP contribution in [0.25, 0.3) is 22.4 Å². The van der Waals surface area contributed by atoms with Crippen molar-refractivity contribution in [3.8, 4) is 11.4 Å². The molecule has 0 aliphatic heterocycles. The van der Waals surface area contributed by atoms with E-state index in [0.717, 1.165) is 18.5 Å². The Labute approximate surface area is 210 Å². The Balaban J connectivity index is 1.40. The molecule has 0 bridgehead atoms. The van der Waals surface area contributed by atoms with Crippen molar-refractivity contribution in [3.05, 3.63) is 94.7 Å². The van der Waals surface area contributed by atoms with Crippen LogP contribution < -0.4 is 26.5 Å². The normalized spacial score (nSPS) is 11.4. The molecule has 2 amide bonds. The van der Waals surface area contributed by atoms with Crippen LogP contribution in [-0.2, 0) is 6.18 Å². The van der Waals surface area contributed by atoms with Crippen LogP contribution in [0.4, 0.5) is 35.2 Å². The largest absolute Gasteiger partial charge is 0.740 e. The van der Waals surface area contributed by atoms with E-state index in [1.54, 1.807) is 12.1 Å². The highest BCUT2D eigenvalue weighted by molar-refractivity contribution is 6.01. The van der Waals surface area contributed by atoms with Gasteiger partial charge in [-0.25, -0.2) is 14.5 Å². The number of halogens is 3. The van der Waals surface area contributed by atoms with E-state index in [4.69, 9.17) is 5.73 Å². The first-order chi connectivity index (χ1) is 18.1. The average molecular weight is 523 g/mol. The summed E-state index contributed by atoms with van der Waals surface area (Å²) in [5.74, 6) is -0.288. The van der Waals surface area contributed by atoms with E-state index in [9.17, 15) is 28.0 Å². The number of fused-ring (bicyclic) bond motifs is 1. The quantitative estimate of drug-likeness (QED) is 0.241. The Morgan fingerprint density at radius 3 is 2.53 bits per heavy atom. The first-order valence-electron chi connectivity index (χ1n) is 10.8. The van der Waals surface area contributed by atoms with Crippen LogP contribution >= 0.6 is 0 Å². The Bertz CT molecular complexity index is 1720. The highest BCUT2D eigenvalue weighted by atomic mass is 19.4. The standard InChI is InChI=1S/C23H16F3N9O3/c24-23(25,26)13-1-6-17(34-11-28-10-30-34)16(9-13)32-22(37)31-14-2-4-15(5-3-14)33-8-7-18(36)19-20(27)35(38)12-29-21(19)33/h1-12H,27H2,(H2,31,32,37). The number of nitrogens with one attached hydrogen (secondary N) is 2. The number of benzene rings is 2. The Hall–Kier alpha value is -5.47. The molecule has 5 aromatic rings. The smallest absolute Gasteiger partial charge is 0.416 e. The minimum atomic E-state index is -4.62. The maximum atomic E-state index is 13.3. The SMILES string of the molecule is Nc1c2c(=O)ccn(-c3ccc(NC(=O)Nc4cc(C(F)(F)F)ccc4-n4cncn4)cc3)c2nc[n+]1[O-]. The van der Waals surface area contributed by atoms with Crippen molar-refractivity contribution in [1.82, 2.24) is 24.3 Å². The van der Waals surface area contributed by atoms with Crippen molar-refractivity contribution >= 4 is 34.3 Å². The number of nitrogens with two attached hydrogens (primary N) is 1. The Morgan fingerprint density at radius 2 is 1.84 bits per heavy atom. The fourth-order valence-electron chi connectivity index (χ4n) is 3.72. The molecule has 15 heteroatoms. The lowest BCUT2D eigenvalue weighted by Gasteiger charge is -2.15. The number of rotatable bonds is 4. The Kier molecular flexibility index (Phi) is 5.87. The number of hydrogen-bond acceptors (Lipinski definition) is 7. The molecule has 0 radical (unpaired) electrons. The molecule has 192 valence electrons. The molecule has 0 unspecified atom stereocenters. The van der Waals surface area contributed by atoms with Crippen molar-refractivity contribution in [2.45, 2.75) is 6.18 Å². The third-order valence-corrected chi connectivity index (χ3v) is 5.49. The van der Waals surface area contributed by atoms with Gasteiger partial charge in [-0.3, -0.25) is 14.1 Å². The highest BCUT2D eigenvalue weighted by Gasteiger charge is 2.31. The van der Waals surface area contributed by atoms with Gasteiger partial charge in [-0.05, 0) is 42.5 Å². The van der Waals surface area contributed by atoms with E-state index < -0.39 is 23.2 Å². The van der Waals surface area contributed by atoms with Gasteiger partial charge < -0.3 is 21.6 Å². The highest BCUT2D eigenvalue weighted by Crippen LogP contribution is 2.33. The zero-order valence-corrected chi connectivity index (χ0v) is 19.0. The number of amides is 2. The molecule has 4 N–H and O–H groups in total. The molecule has 12 nitrogen and oxygen atoms in total. The first kappa shape index (κ1) is 24.2. The van der Waals surface area contributed by atoms with Gasteiger partial charge in [0.05, 0.1) is 16.9 Å². The summed E-state index contributed by atoms with van der Waals surface area (Å²) in [5.41, 5.74) is 5.37. The van der Waals surface area contributed by atoms with Gasteiger partial charge in [-0.1, -0.05) is 4.98 Å². The lowest BCUT2D eigenvalue weighted by atomic mass is 10.1. The lowest BCUT2D eigenvalue weighted by Crippen LogP contribution is -2.33. The maximum Gasteiger partial charge on any atom is 0.416 e. The maximum absolute atomic E-state index is 13.3. The topological polar surface area (TPSA) is 160 Å². The van der Waals surface area contributed by atoms with Gasteiger partial charge in [0, 0.05) is 23.6 Å². The van der Waals surface area contributed by atoms with Crippen molar-refractivity contribution in [3.63, 3.8) is 0 Å². The van der Waals surface area contributed by atoms with Gasteiger partial charge in [0.25, 0.3) is 0 Å². The molecule has 3 heterocycles. The molecular weight excluding hydrogens is 507 g/mol. The van der Waals surface area contributed by atoms with Gasteiger partial charge in [-0.2, -0.15) is 18.3 Å². The number of anilines is 3. The summed E-state index contributed by atoms with van der Waals surface area (Å²) in [6, 6.07) is 9.54. The number of hydrogen-bond donors (Lipinski definition) is 3. The molecule has 0 aliphatic carbocycles. The van der Waals surface area contributed by atoms with Gasteiger partial charge >= 0.3 is 12.2 Å². The number of nitrogen functional groups attached to an aromatic ring is 1. The molecule has 0 spiro atoms. The minimum Gasteiger partial charge on any atom is -0.740 e. The van der Waals surface area contributed by atoms with Crippen LogP contribution in [0, 0.1) is 5.21 Å². The van der Waals surface area contributed by atoms with Gasteiger partial charge in [0.2, 0.25) is 17.8 Å². The van der Waals surface area contributed by atoms with Crippen LogP contribution in [-0.4, -0.2) is 30.3 Å². The van der Waals surface area contributed by atoms with Crippen molar-refractivity contribution in [2.75, 3.05) is 16.4 Å². The summed E-state index contributed by atoms with van der Waals surface area (Å²) in [5, 5.41) is 20.6. The Morgan fingerprint density at radius 1 is 1.08 bits per heavy atom. The molecule has 0 atom stereocenters. The zero-order valence-electron chi connectivity index (χ0n) is 19.0. The summed E-state index contributed by atoms with van der Waals surface area (Å²) in [4.78, 5) is 32.7. The minimum absolute atomic E-state index is 0.0455. The second-order valence-electron chi connectivity index (χ2n) is 7.90. The first-order valence-corrected chi connectivity index (χ1v) is 10.8. The number of nitrogens with zero attached hydrogens (tertiary/aromatic N) is 6. The van der Waals surface area contributed by atoms with E-state index in [0.29, 0.717) is 16.1 Å². The van der Waals surface area contributed by atoms with Crippen LogP contribution in [0.2, 0.25) is 0 Å². The number of urea groups is 1. The number of pyridine rings is 1. The lowest BCUT2D eigenvalue weighted by molar-refractivity contribution is -0.591. The van der Waals surface area contributed by atoms with E-state index in [-0.39, 0.29) is 28.2 Å². The number of carbonyl (C=O) groups is 1. The van der Waals surface area contributed by atoms with E-state index in [2.05, 4.69) is 25.7 Å². The second-order valence-corrected chi connectivity index (χ2v) is 7.90. The molecule has 0 fully saturated rings. The van der Waals surface area contributed by atoms with Crippen molar-refractivity contribution in [1.29, 1.82) is 0 Å². The van der Waals surface area contributed by atoms with Gasteiger partial charge in [0.1, 0.15) is 12.7 Å². The molecular formula is C23H16F3N9O3. The van der Waals surface area contributed by atoms with Crippen LogP contribution in [0.15, 0.2) is 78.5 Å². The van der Waals surface area contributed by atoms with Crippen LogP contribution in [0.5, 0.6) is 0 Å². The molecule has 0 saturated carbocycles. The van der Waals surface area contributed by atoms with E-state index in [1.165, 1.54) is 52.4 Å². The average Bonchev–Trinajstić information content (AvgIpc) is 3.41. The van der Waals surface area contributed by atoms with Crippen LogP contribution in [0.3, 0.4) is 0 Å². The van der Waals surface area contributed by atoms with Crippen LogP contribution in [0.1, 0.15) is 5.56 Å². The molecule has 2 aromatic carbocycles. The third-order valence-electron chi connectivity index (χ3n) is 5.49. The molecule has 0 saturated heterocycles. The number of alkyl halides is 3. The van der Waals surface area contributed by atoms with Crippen molar-refractivity contribution < 1.29 is 22.7 Å². The van der Waals surface area contributed by atoms with Crippen molar-refractivity contribution in [2.24, 2.45) is 0 Å².